The van der Waals surface area contributed by atoms with Crippen LogP contribution in [-0.4, -0.2) is 48.4 Å². The van der Waals surface area contributed by atoms with Crippen LogP contribution in [0.15, 0.2) is 35.1 Å². The highest BCUT2D eigenvalue weighted by molar-refractivity contribution is 9.10. The number of amides is 1. The van der Waals surface area contributed by atoms with E-state index in [1.54, 1.807) is 18.0 Å². The molecule has 0 aliphatic carbocycles. The van der Waals surface area contributed by atoms with Gasteiger partial charge in [0.1, 0.15) is 0 Å². The number of hydrogen-bond acceptors (Lipinski definition) is 6. The lowest BCUT2D eigenvalue weighted by Crippen LogP contribution is -2.48. The molecule has 7 nitrogen and oxygen atoms in total. The molecule has 2 heterocycles. The summed E-state index contributed by atoms with van der Waals surface area (Å²) < 4.78 is 6.27. The van der Waals surface area contributed by atoms with Crippen LogP contribution in [-0.2, 0) is 14.4 Å². The molecule has 1 aromatic carbocycles. The highest BCUT2D eigenvalue weighted by atomic mass is 79.9. The quantitative estimate of drug-likeness (QED) is 0.783. The Bertz CT molecular complexity index is 676. The first kappa shape index (κ1) is 19.2. The maximum absolute atomic E-state index is 12.4. The number of benzene rings is 1. The van der Waals surface area contributed by atoms with Crippen molar-refractivity contribution in [3.63, 3.8) is 0 Å². The molecule has 1 atom stereocenters. The number of carbonyl (C=O) groups is 1. The summed E-state index contributed by atoms with van der Waals surface area (Å²) in [7, 11) is 0. The second kappa shape index (κ2) is 8.39. The van der Waals surface area contributed by atoms with E-state index in [1.165, 1.54) is 10.7 Å². The normalized spacial score (nSPS) is 18.7. The van der Waals surface area contributed by atoms with Crippen LogP contribution in [0.4, 0.5) is 5.69 Å². The van der Waals surface area contributed by atoms with E-state index < -0.39 is 6.10 Å². The van der Waals surface area contributed by atoms with E-state index in [2.05, 4.69) is 47.4 Å². The van der Waals surface area contributed by atoms with E-state index in [0.717, 1.165) is 10.2 Å². The molecule has 2 aliphatic heterocycles. The van der Waals surface area contributed by atoms with E-state index in [0.29, 0.717) is 32.2 Å². The van der Waals surface area contributed by atoms with Gasteiger partial charge >= 0.3 is 0 Å². The summed E-state index contributed by atoms with van der Waals surface area (Å²) in [5.74, 6) is 0.429. The third-order valence-corrected chi connectivity index (χ3v) is 5.03. The average Bonchev–Trinajstić information content (AvgIpc) is 3.09. The van der Waals surface area contributed by atoms with Crippen LogP contribution in [0.2, 0.25) is 0 Å². The molecule has 0 spiro atoms. The molecule has 0 aromatic heterocycles. The molecular weight excluding hydrogens is 400 g/mol. The van der Waals surface area contributed by atoms with Crippen LogP contribution < -0.4 is 10.5 Å². The Morgan fingerprint density at radius 3 is 2.62 bits per heavy atom. The maximum Gasteiger partial charge on any atom is 0.254 e. The third kappa shape index (κ3) is 4.37. The fourth-order valence-electron chi connectivity index (χ4n) is 2.83. The number of rotatable bonds is 5. The molecule has 1 saturated heterocycles. The molecule has 0 bridgehead atoms. The van der Waals surface area contributed by atoms with Gasteiger partial charge in [-0.2, -0.15) is 5.17 Å². The zero-order chi connectivity index (χ0) is 18.7. The summed E-state index contributed by atoms with van der Waals surface area (Å²) in [6, 6.07) is 6.26. The monoisotopic (exact) mass is 424 g/mol. The molecule has 2 aliphatic rings. The molecule has 142 valence electrons. The molecule has 1 aromatic rings. The predicted molar refractivity (Wildman–Crippen MR) is 103 cm³/mol. The molecular formula is C18H25BrN4O3. The maximum atomic E-state index is 12.4. The van der Waals surface area contributed by atoms with Crippen LogP contribution in [0.25, 0.3) is 0 Å². The van der Waals surface area contributed by atoms with Gasteiger partial charge in [-0.05, 0) is 46.5 Å². The molecule has 1 fully saturated rings. The Kier molecular flexibility index (Phi) is 6.18. The average molecular weight is 425 g/mol. The number of morpholine rings is 1. The second-order valence-electron chi connectivity index (χ2n) is 6.64. The van der Waals surface area contributed by atoms with Crippen molar-refractivity contribution in [1.29, 1.82) is 0 Å². The van der Waals surface area contributed by atoms with Crippen molar-refractivity contribution in [3.05, 3.63) is 40.6 Å². The van der Waals surface area contributed by atoms with Crippen LogP contribution in [0.3, 0.4) is 0 Å². The summed E-state index contributed by atoms with van der Waals surface area (Å²) in [4.78, 5) is 19.9. The minimum absolute atomic E-state index is 0.0376. The van der Waals surface area contributed by atoms with Gasteiger partial charge in [0.15, 0.2) is 6.10 Å². The van der Waals surface area contributed by atoms with Crippen LogP contribution in [0, 0.1) is 0 Å². The molecule has 8 heteroatoms. The van der Waals surface area contributed by atoms with Crippen molar-refractivity contribution < 1.29 is 14.4 Å². The number of hydroxylamine groups is 1. The number of nitrogens with one attached hydrogen (secondary N) is 1. The molecule has 26 heavy (non-hydrogen) atoms. The molecule has 0 saturated carbocycles. The fourth-order valence-corrected chi connectivity index (χ4v) is 3.41. The SMILES string of the molecule is CC(ON1C=CN(c2ccc(C(C)C)cc2Br)N1)C(=O)N1CCOCC1. The summed E-state index contributed by atoms with van der Waals surface area (Å²) in [5, 5.41) is 3.28. The molecule has 0 radical (unpaired) electrons. The molecule has 1 amide bonds. The van der Waals surface area contributed by atoms with Crippen molar-refractivity contribution in [1.82, 2.24) is 15.6 Å². The minimum Gasteiger partial charge on any atom is -0.378 e. The van der Waals surface area contributed by atoms with Gasteiger partial charge in [-0.3, -0.25) is 9.80 Å². The van der Waals surface area contributed by atoms with Gasteiger partial charge in [0, 0.05) is 23.8 Å². The first-order valence-electron chi connectivity index (χ1n) is 8.81. The van der Waals surface area contributed by atoms with Gasteiger partial charge in [0.25, 0.3) is 5.91 Å². The number of anilines is 1. The van der Waals surface area contributed by atoms with Gasteiger partial charge in [-0.25, -0.2) is 4.84 Å². The lowest BCUT2D eigenvalue weighted by atomic mass is 10.0. The van der Waals surface area contributed by atoms with E-state index in [-0.39, 0.29) is 5.91 Å². The highest BCUT2D eigenvalue weighted by Crippen LogP contribution is 2.30. The van der Waals surface area contributed by atoms with Gasteiger partial charge in [0.05, 0.1) is 25.1 Å². The summed E-state index contributed by atoms with van der Waals surface area (Å²) in [5.41, 5.74) is 5.32. The molecule has 3 rings (SSSR count). The molecule has 1 unspecified atom stereocenters. The van der Waals surface area contributed by atoms with Crippen molar-refractivity contribution in [2.24, 2.45) is 0 Å². The van der Waals surface area contributed by atoms with Crippen LogP contribution in [0.1, 0.15) is 32.3 Å². The summed E-state index contributed by atoms with van der Waals surface area (Å²) in [6.45, 7) is 8.45. The van der Waals surface area contributed by atoms with E-state index in [1.807, 2.05) is 17.3 Å². The second-order valence-corrected chi connectivity index (χ2v) is 7.50. The first-order valence-corrected chi connectivity index (χ1v) is 9.61. The summed E-state index contributed by atoms with van der Waals surface area (Å²) in [6.07, 6.45) is 3.00. The lowest BCUT2D eigenvalue weighted by Gasteiger charge is -2.30. The topological polar surface area (TPSA) is 57.3 Å². The predicted octanol–water partition coefficient (Wildman–Crippen LogP) is 2.76. The Balaban J connectivity index is 1.57. The zero-order valence-corrected chi connectivity index (χ0v) is 16.9. The Morgan fingerprint density at radius 2 is 1.96 bits per heavy atom. The first-order chi connectivity index (χ1) is 12.5. The largest absolute Gasteiger partial charge is 0.378 e. The van der Waals surface area contributed by atoms with Gasteiger partial charge < -0.3 is 9.64 Å². The van der Waals surface area contributed by atoms with E-state index >= 15 is 0 Å². The Morgan fingerprint density at radius 1 is 1.23 bits per heavy atom. The van der Waals surface area contributed by atoms with E-state index in [4.69, 9.17) is 9.57 Å². The zero-order valence-electron chi connectivity index (χ0n) is 15.3. The Hall–Kier alpha value is -1.61. The number of hydrazine groups is 2. The molecule has 1 N–H and O–H groups in total. The highest BCUT2D eigenvalue weighted by Gasteiger charge is 2.26. The van der Waals surface area contributed by atoms with Crippen LogP contribution >= 0.6 is 15.9 Å². The number of nitrogens with zero attached hydrogens (tertiary/aromatic N) is 3. The number of halogens is 1. The van der Waals surface area contributed by atoms with Gasteiger partial charge in [-0.15, -0.1) is 5.53 Å². The standard InChI is InChI=1S/C18H25BrN4O3/c1-13(2)15-4-5-17(16(19)12-15)22-6-7-23(20-22)26-14(3)18(24)21-8-10-25-11-9-21/h4-7,12-14,20H,8-11H2,1-3H3. The van der Waals surface area contributed by atoms with Crippen molar-refractivity contribution in [2.75, 3.05) is 31.3 Å². The van der Waals surface area contributed by atoms with Crippen molar-refractivity contribution in [3.8, 4) is 0 Å². The summed E-state index contributed by atoms with van der Waals surface area (Å²) >= 11 is 3.62. The number of hydrogen-bond donors (Lipinski definition) is 1. The van der Waals surface area contributed by atoms with Crippen molar-refractivity contribution >= 4 is 27.5 Å². The third-order valence-electron chi connectivity index (χ3n) is 4.40. The lowest BCUT2D eigenvalue weighted by molar-refractivity contribution is -0.199. The number of ether oxygens (including phenoxy) is 1. The Labute approximate surface area is 162 Å². The van der Waals surface area contributed by atoms with Crippen molar-refractivity contribution in [2.45, 2.75) is 32.8 Å². The minimum atomic E-state index is -0.586. The fraction of sp³-hybridized carbons (Fsp3) is 0.500. The van der Waals surface area contributed by atoms with Gasteiger partial charge in [-0.1, -0.05) is 19.9 Å². The van der Waals surface area contributed by atoms with Crippen LogP contribution in [0.5, 0.6) is 0 Å². The number of carbonyl (C=O) groups excluding carboxylic acids is 1. The smallest absolute Gasteiger partial charge is 0.254 e. The van der Waals surface area contributed by atoms with Gasteiger partial charge in [0.2, 0.25) is 0 Å². The van der Waals surface area contributed by atoms with E-state index in [9.17, 15) is 4.79 Å².